The van der Waals surface area contributed by atoms with Gasteiger partial charge in [0.05, 0.1) is 20.3 Å². The topological polar surface area (TPSA) is 69.2 Å². The molecule has 0 aliphatic carbocycles. The first-order valence-electron chi connectivity index (χ1n) is 13.1. The lowest BCUT2D eigenvalue weighted by Gasteiger charge is -2.45. The Balaban J connectivity index is 0.000000469. The number of benzene rings is 3. The number of aliphatic hydroxyl groups excluding tert-OH is 1. The Labute approximate surface area is 220 Å². The van der Waals surface area contributed by atoms with Crippen LogP contribution in [-0.2, 0) is 4.74 Å². The number of hydrogen-bond acceptors (Lipinski definition) is 6. The van der Waals surface area contributed by atoms with Crippen molar-refractivity contribution in [2.45, 2.75) is 50.9 Å². The molecule has 2 N–H and O–H groups in total. The van der Waals surface area contributed by atoms with Gasteiger partial charge in [0.15, 0.2) is 6.29 Å². The molecule has 0 amide bonds. The van der Waals surface area contributed by atoms with E-state index in [2.05, 4.69) is 61.6 Å². The summed E-state index contributed by atoms with van der Waals surface area (Å²) in [6, 6.07) is 24.7. The number of morpholine rings is 1. The van der Waals surface area contributed by atoms with E-state index in [1.165, 1.54) is 11.1 Å². The summed E-state index contributed by atoms with van der Waals surface area (Å²) in [5, 5.41) is 13.0. The first-order valence-corrected chi connectivity index (χ1v) is 13.1. The molecule has 2 heterocycles. The number of hydrogen-bond donors (Lipinski definition) is 2. The molecule has 3 aromatic carbocycles. The quantitative estimate of drug-likeness (QED) is 0.432. The van der Waals surface area contributed by atoms with E-state index in [0.717, 1.165) is 43.4 Å². The molecule has 0 saturated carbocycles. The van der Waals surface area contributed by atoms with E-state index < -0.39 is 11.9 Å². The van der Waals surface area contributed by atoms with E-state index in [0.29, 0.717) is 12.2 Å². The van der Waals surface area contributed by atoms with Crippen molar-refractivity contribution in [3.8, 4) is 17.2 Å². The van der Waals surface area contributed by atoms with Crippen LogP contribution in [0.15, 0.2) is 72.8 Å². The third kappa shape index (κ3) is 6.63. The molecule has 3 atom stereocenters. The van der Waals surface area contributed by atoms with Crippen LogP contribution in [0.25, 0.3) is 0 Å². The van der Waals surface area contributed by atoms with Crippen LogP contribution in [-0.4, -0.2) is 50.4 Å². The van der Waals surface area contributed by atoms with Crippen molar-refractivity contribution in [2.75, 3.05) is 33.4 Å². The summed E-state index contributed by atoms with van der Waals surface area (Å²) in [6.45, 7) is 10.0. The monoisotopic (exact) mass is 505 g/mol. The van der Waals surface area contributed by atoms with Gasteiger partial charge in [-0.25, -0.2) is 0 Å². The second-order valence-corrected chi connectivity index (χ2v) is 9.89. The van der Waals surface area contributed by atoms with Gasteiger partial charge in [-0.15, -0.1) is 0 Å². The Morgan fingerprint density at radius 3 is 2.19 bits per heavy atom. The van der Waals surface area contributed by atoms with Crippen molar-refractivity contribution in [3.05, 3.63) is 89.5 Å². The normalized spacial score (nSPS) is 20.9. The van der Waals surface area contributed by atoms with Crippen molar-refractivity contribution in [1.29, 1.82) is 0 Å². The Bertz CT molecular complexity index is 1100. The SMILES string of the molecule is C1COCCN1.CCC(O)Oc1ccc([C@@H]2c3ccc(OC)cc3OC(C)(C)[C@H]2c2ccccc2)cc1. The summed E-state index contributed by atoms with van der Waals surface area (Å²) in [5.74, 6) is 2.50. The molecule has 0 aromatic heterocycles. The van der Waals surface area contributed by atoms with E-state index in [4.69, 9.17) is 18.9 Å². The van der Waals surface area contributed by atoms with Gasteiger partial charge >= 0.3 is 0 Å². The van der Waals surface area contributed by atoms with Crippen LogP contribution in [0.4, 0.5) is 0 Å². The van der Waals surface area contributed by atoms with Gasteiger partial charge in [-0.1, -0.05) is 55.5 Å². The molecule has 0 bridgehead atoms. The van der Waals surface area contributed by atoms with E-state index in [-0.39, 0.29) is 11.8 Å². The summed E-state index contributed by atoms with van der Waals surface area (Å²) >= 11 is 0. The maximum absolute atomic E-state index is 9.82. The summed E-state index contributed by atoms with van der Waals surface area (Å²) in [5.41, 5.74) is 3.12. The second kappa shape index (κ2) is 12.5. The predicted octanol–water partition coefficient (Wildman–Crippen LogP) is 5.50. The van der Waals surface area contributed by atoms with Crippen molar-refractivity contribution >= 4 is 0 Å². The van der Waals surface area contributed by atoms with Crippen LogP contribution < -0.4 is 19.5 Å². The number of fused-ring (bicyclic) bond motifs is 1. The van der Waals surface area contributed by atoms with Gasteiger partial charge in [0.1, 0.15) is 22.8 Å². The molecule has 6 heteroatoms. The average Bonchev–Trinajstić information content (AvgIpc) is 2.93. The highest BCUT2D eigenvalue weighted by atomic mass is 16.6. The second-order valence-electron chi connectivity index (χ2n) is 9.89. The lowest BCUT2D eigenvalue weighted by Crippen LogP contribution is -2.43. The molecule has 5 rings (SSSR count). The molecule has 3 aromatic rings. The summed E-state index contributed by atoms with van der Waals surface area (Å²) in [6.07, 6.45) is -0.251. The summed E-state index contributed by atoms with van der Waals surface area (Å²) in [4.78, 5) is 0. The first kappa shape index (κ1) is 27.0. The van der Waals surface area contributed by atoms with Crippen LogP contribution in [0.5, 0.6) is 17.2 Å². The molecule has 2 aliphatic heterocycles. The number of methoxy groups -OCH3 is 1. The molecule has 6 nitrogen and oxygen atoms in total. The molecule has 0 spiro atoms. The van der Waals surface area contributed by atoms with Crippen molar-refractivity contribution in [1.82, 2.24) is 5.32 Å². The summed E-state index contributed by atoms with van der Waals surface area (Å²) in [7, 11) is 1.67. The van der Waals surface area contributed by atoms with Crippen molar-refractivity contribution < 1.29 is 24.1 Å². The highest BCUT2D eigenvalue weighted by Crippen LogP contribution is 2.53. The van der Waals surface area contributed by atoms with Crippen LogP contribution in [0, 0.1) is 0 Å². The standard InChI is InChI=1S/C27H30O4.C4H9NO/c1-5-24(28)30-20-13-11-18(12-14-20)25-22-16-15-21(29-4)17-23(22)31-27(2,3)26(25)19-9-7-6-8-10-19;1-3-6-4-2-5-1/h6-17,24-26,28H,5H2,1-4H3;5H,1-4H2/t24?,25-,26+;/m1./s1. The molecule has 0 radical (unpaired) electrons. The number of aliphatic hydroxyl groups is 1. The zero-order valence-corrected chi connectivity index (χ0v) is 22.3. The highest BCUT2D eigenvalue weighted by Gasteiger charge is 2.45. The fourth-order valence-corrected chi connectivity index (χ4v) is 5.05. The van der Waals surface area contributed by atoms with Crippen LogP contribution in [0.1, 0.15) is 55.7 Å². The number of nitrogens with one attached hydrogen (secondary N) is 1. The summed E-state index contributed by atoms with van der Waals surface area (Å²) < 4.78 is 22.6. The molecule has 1 unspecified atom stereocenters. The maximum atomic E-state index is 9.82. The third-order valence-electron chi connectivity index (χ3n) is 6.88. The van der Waals surface area contributed by atoms with Crippen molar-refractivity contribution in [3.63, 3.8) is 0 Å². The van der Waals surface area contributed by atoms with E-state index >= 15 is 0 Å². The molecular weight excluding hydrogens is 466 g/mol. The average molecular weight is 506 g/mol. The minimum atomic E-state index is -0.793. The highest BCUT2D eigenvalue weighted by molar-refractivity contribution is 5.52. The Kier molecular flexibility index (Phi) is 9.09. The zero-order chi connectivity index (χ0) is 26.3. The van der Waals surface area contributed by atoms with E-state index in [1.54, 1.807) is 7.11 Å². The number of ether oxygens (including phenoxy) is 4. The predicted molar refractivity (Wildman–Crippen MR) is 146 cm³/mol. The Morgan fingerprint density at radius 2 is 1.62 bits per heavy atom. The molecule has 1 saturated heterocycles. The number of rotatable bonds is 6. The minimum Gasteiger partial charge on any atom is -0.497 e. The maximum Gasteiger partial charge on any atom is 0.197 e. The van der Waals surface area contributed by atoms with Gasteiger partial charge in [0.25, 0.3) is 0 Å². The van der Waals surface area contributed by atoms with Gasteiger partial charge in [-0.2, -0.15) is 0 Å². The molecule has 37 heavy (non-hydrogen) atoms. The van der Waals surface area contributed by atoms with Crippen LogP contribution >= 0.6 is 0 Å². The largest absolute Gasteiger partial charge is 0.497 e. The van der Waals surface area contributed by atoms with E-state index in [1.807, 2.05) is 37.3 Å². The van der Waals surface area contributed by atoms with Gasteiger partial charge in [0, 0.05) is 43.0 Å². The lowest BCUT2D eigenvalue weighted by atomic mass is 9.68. The van der Waals surface area contributed by atoms with E-state index in [9.17, 15) is 5.11 Å². The molecule has 1 fully saturated rings. The van der Waals surface area contributed by atoms with Crippen LogP contribution in [0.2, 0.25) is 0 Å². The molecule has 2 aliphatic rings. The first-order chi connectivity index (χ1) is 17.9. The fourth-order valence-electron chi connectivity index (χ4n) is 5.05. The van der Waals surface area contributed by atoms with Crippen molar-refractivity contribution in [2.24, 2.45) is 0 Å². The lowest BCUT2D eigenvalue weighted by molar-refractivity contribution is -0.0191. The Hall–Kier alpha value is -3.06. The Morgan fingerprint density at radius 1 is 0.946 bits per heavy atom. The van der Waals surface area contributed by atoms with Gasteiger partial charge in [-0.3, -0.25) is 0 Å². The van der Waals surface area contributed by atoms with Gasteiger partial charge < -0.3 is 29.4 Å². The van der Waals surface area contributed by atoms with Gasteiger partial charge in [-0.05, 0) is 43.2 Å². The minimum absolute atomic E-state index is 0.0946. The van der Waals surface area contributed by atoms with Gasteiger partial charge in [0.2, 0.25) is 0 Å². The molecule has 198 valence electrons. The van der Waals surface area contributed by atoms with Crippen LogP contribution in [0.3, 0.4) is 0 Å². The smallest absolute Gasteiger partial charge is 0.197 e. The fraction of sp³-hybridized carbons (Fsp3) is 0.419. The third-order valence-corrected chi connectivity index (χ3v) is 6.88. The zero-order valence-electron chi connectivity index (χ0n) is 22.3. The molecular formula is C31H39NO5.